The summed E-state index contributed by atoms with van der Waals surface area (Å²) in [4.78, 5) is 25.9. The van der Waals surface area contributed by atoms with Crippen LogP contribution in [0.5, 0.6) is 0 Å². The third-order valence-electron chi connectivity index (χ3n) is 3.63. The first kappa shape index (κ1) is 15.1. The van der Waals surface area contributed by atoms with E-state index in [1.54, 1.807) is 6.92 Å². The normalized spacial score (nSPS) is 18.1. The topological polar surface area (TPSA) is 61.4 Å². The monoisotopic (exact) mass is 287 g/mol. The molecule has 112 valence electrons. The molecule has 1 unspecified atom stereocenters. The van der Waals surface area contributed by atoms with E-state index in [4.69, 9.17) is 0 Å². The number of carbonyl (C=O) groups is 2. The average molecular weight is 287 g/mol. The number of nitrogens with zero attached hydrogens (tertiary/aromatic N) is 1. The molecule has 21 heavy (non-hydrogen) atoms. The van der Waals surface area contributed by atoms with Crippen LogP contribution in [-0.2, 0) is 4.79 Å². The highest BCUT2D eigenvalue weighted by Gasteiger charge is 2.29. The Labute approximate surface area is 125 Å². The third-order valence-corrected chi connectivity index (χ3v) is 3.63. The van der Waals surface area contributed by atoms with Gasteiger partial charge in [0.05, 0.1) is 6.04 Å². The summed E-state index contributed by atoms with van der Waals surface area (Å²) in [5, 5.41) is 5.51. The second-order valence-electron chi connectivity index (χ2n) is 5.33. The van der Waals surface area contributed by atoms with Crippen molar-refractivity contribution in [3.63, 3.8) is 0 Å². The molecule has 1 aliphatic heterocycles. The Bertz CT molecular complexity index is 588. The van der Waals surface area contributed by atoms with Gasteiger partial charge < -0.3 is 15.5 Å². The molecule has 0 saturated heterocycles. The van der Waals surface area contributed by atoms with Gasteiger partial charge >= 0.3 is 6.03 Å². The predicted molar refractivity (Wildman–Crippen MR) is 83.2 cm³/mol. The largest absolute Gasteiger partial charge is 0.378 e. The van der Waals surface area contributed by atoms with Crippen LogP contribution in [-0.4, -0.2) is 25.9 Å². The molecular weight excluding hydrogens is 266 g/mol. The smallest absolute Gasteiger partial charge is 0.319 e. The van der Waals surface area contributed by atoms with Crippen LogP contribution in [0.2, 0.25) is 0 Å². The van der Waals surface area contributed by atoms with Crippen LogP contribution in [0.1, 0.15) is 31.9 Å². The highest BCUT2D eigenvalue weighted by molar-refractivity contribution is 5.99. The second kappa shape index (κ2) is 5.99. The van der Waals surface area contributed by atoms with E-state index in [2.05, 4.69) is 10.6 Å². The molecule has 1 aliphatic rings. The molecule has 1 aromatic carbocycles. The van der Waals surface area contributed by atoms with Crippen molar-refractivity contribution >= 4 is 17.5 Å². The molecule has 0 saturated carbocycles. The minimum Gasteiger partial charge on any atom is -0.378 e. The Morgan fingerprint density at radius 1 is 1.24 bits per heavy atom. The fourth-order valence-electron chi connectivity index (χ4n) is 2.47. The van der Waals surface area contributed by atoms with Gasteiger partial charge in [0.1, 0.15) is 0 Å². The molecule has 0 fully saturated rings. The van der Waals surface area contributed by atoms with Gasteiger partial charge in [-0.2, -0.15) is 0 Å². The minimum absolute atomic E-state index is 0.0432. The van der Waals surface area contributed by atoms with Gasteiger partial charge in [0.25, 0.3) is 0 Å². The third kappa shape index (κ3) is 3.07. The van der Waals surface area contributed by atoms with Gasteiger partial charge in [-0.15, -0.1) is 0 Å². The van der Waals surface area contributed by atoms with Crippen molar-refractivity contribution in [1.29, 1.82) is 0 Å². The Morgan fingerprint density at radius 2 is 1.86 bits per heavy atom. The van der Waals surface area contributed by atoms with Crippen LogP contribution < -0.4 is 15.5 Å². The van der Waals surface area contributed by atoms with Gasteiger partial charge in [0.2, 0.25) is 0 Å². The molecule has 1 aromatic rings. The number of benzene rings is 1. The summed E-state index contributed by atoms with van der Waals surface area (Å²) in [6.45, 7) is 3.59. The number of amides is 2. The van der Waals surface area contributed by atoms with Gasteiger partial charge in [-0.05, 0) is 24.6 Å². The lowest BCUT2D eigenvalue weighted by atomic mass is 9.91. The van der Waals surface area contributed by atoms with Gasteiger partial charge in [-0.25, -0.2) is 4.79 Å². The van der Waals surface area contributed by atoms with Gasteiger partial charge in [-0.3, -0.25) is 4.79 Å². The number of carbonyl (C=O) groups excluding carboxylic acids is 2. The van der Waals surface area contributed by atoms with E-state index in [0.717, 1.165) is 11.3 Å². The molecule has 0 bridgehead atoms. The summed E-state index contributed by atoms with van der Waals surface area (Å²) in [6.07, 6.45) is 0.413. The summed E-state index contributed by atoms with van der Waals surface area (Å²) in [5.41, 5.74) is 3.25. The first-order chi connectivity index (χ1) is 9.93. The van der Waals surface area contributed by atoms with Crippen molar-refractivity contribution in [3.05, 3.63) is 41.1 Å². The molecule has 0 aliphatic carbocycles. The minimum atomic E-state index is -0.387. The highest BCUT2D eigenvalue weighted by Crippen LogP contribution is 2.29. The molecule has 5 heteroatoms. The first-order valence-corrected chi connectivity index (χ1v) is 7.02. The van der Waals surface area contributed by atoms with E-state index < -0.39 is 0 Å². The van der Waals surface area contributed by atoms with Crippen molar-refractivity contribution < 1.29 is 9.59 Å². The maximum absolute atomic E-state index is 12.2. The lowest BCUT2D eigenvalue weighted by molar-refractivity contribution is -0.115. The molecule has 5 nitrogen and oxygen atoms in total. The lowest BCUT2D eigenvalue weighted by Gasteiger charge is -2.28. The highest BCUT2D eigenvalue weighted by atomic mass is 16.2. The van der Waals surface area contributed by atoms with E-state index in [1.807, 2.05) is 50.2 Å². The summed E-state index contributed by atoms with van der Waals surface area (Å²) in [7, 11) is 3.94. The summed E-state index contributed by atoms with van der Waals surface area (Å²) >= 11 is 0. The fourth-order valence-corrected chi connectivity index (χ4v) is 2.47. The molecule has 1 heterocycles. The molecule has 2 rings (SSSR count). The number of rotatable bonds is 4. The van der Waals surface area contributed by atoms with Crippen molar-refractivity contribution in [2.45, 2.75) is 26.3 Å². The standard InChI is InChI=1S/C16H21N3O2/c1-5-13(20)14-10(2)17-16(21)18-15(14)11-6-8-12(9-7-11)19(3)4/h6-9,15H,5H2,1-4H3,(H2,17,18,21). The number of anilines is 1. The van der Waals surface area contributed by atoms with E-state index in [1.165, 1.54) is 0 Å². The Kier molecular flexibility index (Phi) is 4.31. The number of nitrogens with one attached hydrogen (secondary N) is 2. The molecule has 0 radical (unpaired) electrons. The summed E-state index contributed by atoms with van der Waals surface area (Å²) < 4.78 is 0. The van der Waals surface area contributed by atoms with Crippen molar-refractivity contribution in [3.8, 4) is 0 Å². The molecular formula is C16H21N3O2. The SMILES string of the molecule is CCC(=O)C1=C(C)NC(=O)NC1c1ccc(N(C)C)cc1. The fraction of sp³-hybridized carbons (Fsp3) is 0.375. The number of hydrogen-bond donors (Lipinski definition) is 2. The molecule has 0 spiro atoms. The second-order valence-corrected chi connectivity index (χ2v) is 5.33. The van der Waals surface area contributed by atoms with Crippen LogP contribution >= 0.6 is 0 Å². The van der Waals surface area contributed by atoms with E-state index in [0.29, 0.717) is 17.7 Å². The van der Waals surface area contributed by atoms with Gasteiger partial charge in [0.15, 0.2) is 5.78 Å². The van der Waals surface area contributed by atoms with Crippen LogP contribution in [0, 0.1) is 0 Å². The van der Waals surface area contributed by atoms with Crippen molar-refractivity contribution in [2.24, 2.45) is 0 Å². The van der Waals surface area contributed by atoms with Crippen LogP contribution in [0.3, 0.4) is 0 Å². The van der Waals surface area contributed by atoms with Crippen LogP contribution in [0.15, 0.2) is 35.5 Å². The lowest BCUT2D eigenvalue weighted by Crippen LogP contribution is -2.45. The quantitative estimate of drug-likeness (QED) is 0.893. The number of Topliss-reactive ketones (excluding diaryl/α,β-unsaturated/α-hetero) is 1. The first-order valence-electron chi connectivity index (χ1n) is 7.02. The zero-order valence-corrected chi connectivity index (χ0v) is 12.9. The number of urea groups is 1. The van der Waals surface area contributed by atoms with Crippen molar-refractivity contribution in [2.75, 3.05) is 19.0 Å². The van der Waals surface area contributed by atoms with Crippen LogP contribution in [0.4, 0.5) is 10.5 Å². The molecule has 0 aromatic heterocycles. The van der Waals surface area contributed by atoms with Crippen LogP contribution in [0.25, 0.3) is 0 Å². The Balaban J connectivity index is 2.41. The summed E-state index contributed by atoms with van der Waals surface area (Å²) in [6, 6.07) is 7.19. The molecule has 1 atom stereocenters. The molecule has 2 N–H and O–H groups in total. The maximum Gasteiger partial charge on any atom is 0.319 e. The predicted octanol–water partition coefficient (Wildman–Crippen LogP) is 2.36. The maximum atomic E-state index is 12.2. The van der Waals surface area contributed by atoms with Gasteiger partial charge in [0, 0.05) is 37.5 Å². The molecule has 2 amide bonds. The van der Waals surface area contributed by atoms with Gasteiger partial charge in [-0.1, -0.05) is 19.1 Å². The Hall–Kier alpha value is -2.30. The van der Waals surface area contributed by atoms with E-state index in [9.17, 15) is 9.59 Å². The van der Waals surface area contributed by atoms with E-state index >= 15 is 0 Å². The Morgan fingerprint density at radius 3 is 2.38 bits per heavy atom. The number of allylic oxidation sites excluding steroid dienone is 1. The number of ketones is 1. The summed E-state index contributed by atoms with van der Waals surface area (Å²) in [5.74, 6) is 0.0432. The zero-order valence-electron chi connectivity index (χ0n) is 12.9. The number of hydrogen-bond acceptors (Lipinski definition) is 3. The zero-order chi connectivity index (χ0) is 15.6. The van der Waals surface area contributed by atoms with E-state index in [-0.39, 0.29) is 17.9 Å². The van der Waals surface area contributed by atoms with Crippen molar-refractivity contribution in [1.82, 2.24) is 10.6 Å². The average Bonchev–Trinajstić information content (AvgIpc) is 2.45.